The molecule has 0 aliphatic carbocycles. The number of carbonyl (C=O) groups is 2. The van der Waals surface area contributed by atoms with Crippen molar-refractivity contribution in [2.45, 2.75) is 26.2 Å². The topological polar surface area (TPSA) is 69.6 Å². The molecular weight excluding hydrogens is 208 g/mol. The van der Waals surface area contributed by atoms with Crippen molar-refractivity contribution in [1.82, 2.24) is 10.2 Å². The molecule has 0 aromatic rings. The molecule has 2 N–H and O–H groups in total. The Bertz CT molecular complexity index is 248. The molecule has 1 aliphatic rings. The highest BCUT2D eigenvalue weighted by atomic mass is 16.4. The Kier molecular flexibility index (Phi) is 5.25. The largest absolute Gasteiger partial charge is 0.481 e. The quantitative estimate of drug-likeness (QED) is 0.664. The number of hydrogen-bond donors (Lipinski definition) is 2. The number of carboxylic acid groups (broad SMARTS) is 1. The van der Waals surface area contributed by atoms with Crippen LogP contribution in [0.25, 0.3) is 0 Å². The van der Waals surface area contributed by atoms with Crippen LogP contribution in [0.4, 0.5) is 0 Å². The fraction of sp³-hybridized carbons (Fsp3) is 0.818. The third-order valence-electron chi connectivity index (χ3n) is 2.94. The zero-order valence-electron chi connectivity index (χ0n) is 9.74. The Morgan fingerprint density at radius 2 is 2.00 bits per heavy atom. The van der Waals surface area contributed by atoms with Crippen molar-refractivity contribution in [3.8, 4) is 0 Å². The van der Waals surface area contributed by atoms with Gasteiger partial charge in [-0.05, 0) is 31.8 Å². The maximum absolute atomic E-state index is 11.0. The van der Waals surface area contributed by atoms with Gasteiger partial charge in [-0.2, -0.15) is 0 Å². The van der Waals surface area contributed by atoms with E-state index in [1.54, 1.807) is 0 Å². The van der Waals surface area contributed by atoms with E-state index in [4.69, 9.17) is 5.11 Å². The van der Waals surface area contributed by atoms with Crippen LogP contribution < -0.4 is 5.32 Å². The molecule has 1 amide bonds. The molecule has 0 bridgehead atoms. The predicted molar refractivity (Wildman–Crippen MR) is 60.1 cm³/mol. The van der Waals surface area contributed by atoms with Gasteiger partial charge in [0.1, 0.15) is 6.42 Å². The van der Waals surface area contributed by atoms with Gasteiger partial charge in [0.05, 0.1) is 0 Å². The second kappa shape index (κ2) is 6.48. The predicted octanol–water partition coefficient (Wildman–Crippen LogP) is 0.309. The Morgan fingerprint density at radius 3 is 2.56 bits per heavy atom. The molecule has 1 saturated heterocycles. The van der Waals surface area contributed by atoms with Crippen molar-refractivity contribution >= 4 is 11.9 Å². The summed E-state index contributed by atoms with van der Waals surface area (Å²) in [5, 5.41) is 11.0. The van der Waals surface area contributed by atoms with E-state index in [0.717, 1.165) is 25.6 Å². The highest BCUT2D eigenvalue weighted by Gasteiger charge is 2.15. The van der Waals surface area contributed by atoms with E-state index in [1.807, 2.05) is 0 Å². The van der Waals surface area contributed by atoms with E-state index in [9.17, 15) is 9.59 Å². The van der Waals surface area contributed by atoms with Crippen LogP contribution >= 0.6 is 0 Å². The molecule has 0 aromatic carbocycles. The molecule has 0 radical (unpaired) electrons. The third kappa shape index (κ3) is 5.11. The minimum Gasteiger partial charge on any atom is -0.481 e. The number of amides is 1. The number of hydrogen-bond acceptors (Lipinski definition) is 3. The molecule has 16 heavy (non-hydrogen) atoms. The number of nitrogens with zero attached hydrogens (tertiary/aromatic N) is 1. The van der Waals surface area contributed by atoms with Crippen LogP contribution in [0.3, 0.4) is 0 Å². The van der Waals surface area contributed by atoms with Crippen LogP contribution in [0.2, 0.25) is 0 Å². The van der Waals surface area contributed by atoms with E-state index in [0.29, 0.717) is 6.54 Å². The molecule has 0 unspecified atom stereocenters. The van der Waals surface area contributed by atoms with Crippen molar-refractivity contribution in [3.05, 3.63) is 0 Å². The first-order valence-corrected chi connectivity index (χ1v) is 5.79. The van der Waals surface area contributed by atoms with Gasteiger partial charge in [-0.25, -0.2) is 0 Å². The summed E-state index contributed by atoms with van der Waals surface area (Å²) < 4.78 is 0. The molecule has 5 heteroatoms. The lowest BCUT2D eigenvalue weighted by atomic mass is 9.99. The molecule has 1 fully saturated rings. The van der Waals surface area contributed by atoms with Gasteiger partial charge in [-0.1, -0.05) is 6.92 Å². The summed E-state index contributed by atoms with van der Waals surface area (Å²) in [4.78, 5) is 23.6. The van der Waals surface area contributed by atoms with Crippen LogP contribution in [0.5, 0.6) is 0 Å². The lowest BCUT2D eigenvalue weighted by Crippen LogP contribution is -2.39. The first kappa shape index (κ1) is 13.0. The number of likely N-dealkylation sites (tertiary alicyclic amines) is 1. The van der Waals surface area contributed by atoms with Crippen molar-refractivity contribution in [2.75, 3.05) is 26.2 Å². The minimum atomic E-state index is -1.08. The Labute approximate surface area is 95.8 Å². The van der Waals surface area contributed by atoms with Gasteiger partial charge < -0.3 is 15.3 Å². The highest BCUT2D eigenvalue weighted by molar-refractivity contribution is 5.93. The average Bonchev–Trinajstić information content (AvgIpc) is 2.20. The lowest BCUT2D eigenvalue weighted by Gasteiger charge is -2.30. The first-order chi connectivity index (χ1) is 7.58. The fourth-order valence-electron chi connectivity index (χ4n) is 1.84. The van der Waals surface area contributed by atoms with Gasteiger partial charge in [0.15, 0.2) is 0 Å². The molecule has 5 nitrogen and oxygen atoms in total. The van der Waals surface area contributed by atoms with Crippen LogP contribution in [0.15, 0.2) is 0 Å². The van der Waals surface area contributed by atoms with Gasteiger partial charge in [0, 0.05) is 13.1 Å². The summed E-state index contributed by atoms with van der Waals surface area (Å²) in [6.07, 6.45) is 1.99. The molecular formula is C11H20N2O3. The van der Waals surface area contributed by atoms with Crippen molar-refractivity contribution in [3.63, 3.8) is 0 Å². The van der Waals surface area contributed by atoms with E-state index >= 15 is 0 Å². The molecule has 1 aliphatic heterocycles. The van der Waals surface area contributed by atoms with Crippen LogP contribution in [0, 0.1) is 5.92 Å². The molecule has 0 atom stereocenters. The van der Waals surface area contributed by atoms with Crippen molar-refractivity contribution < 1.29 is 14.7 Å². The van der Waals surface area contributed by atoms with E-state index in [1.165, 1.54) is 12.8 Å². The SMILES string of the molecule is CC1CCN(CCNC(=O)CC(=O)O)CC1. The Morgan fingerprint density at radius 1 is 1.38 bits per heavy atom. The zero-order valence-corrected chi connectivity index (χ0v) is 9.74. The zero-order chi connectivity index (χ0) is 12.0. The Hall–Kier alpha value is -1.10. The second-order valence-electron chi connectivity index (χ2n) is 4.44. The number of piperidine rings is 1. The van der Waals surface area contributed by atoms with E-state index in [-0.39, 0.29) is 0 Å². The van der Waals surface area contributed by atoms with Gasteiger partial charge in [-0.3, -0.25) is 9.59 Å². The second-order valence-corrected chi connectivity index (χ2v) is 4.44. The molecule has 0 spiro atoms. The summed E-state index contributed by atoms with van der Waals surface area (Å²) in [5.41, 5.74) is 0. The average molecular weight is 228 g/mol. The molecule has 92 valence electrons. The normalized spacial score (nSPS) is 18.3. The number of rotatable bonds is 5. The number of nitrogens with one attached hydrogen (secondary N) is 1. The summed E-state index contributed by atoms with van der Waals surface area (Å²) in [6, 6.07) is 0. The highest BCUT2D eigenvalue weighted by Crippen LogP contribution is 2.14. The monoisotopic (exact) mass is 228 g/mol. The van der Waals surface area contributed by atoms with E-state index in [2.05, 4.69) is 17.1 Å². The van der Waals surface area contributed by atoms with E-state index < -0.39 is 18.3 Å². The molecule has 0 aromatic heterocycles. The number of aliphatic carboxylic acids is 1. The molecule has 0 saturated carbocycles. The van der Waals surface area contributed by atoms with Crippen LogP contribution in [-0.4, -0.2) is 48.1 Å². The molecule has 1 heterocycles. The van der Waals surface area contributed by atoms with Crippen molar-refractivity contribution in [1.29, 1.82) is 0 Å². The maximum atomic E-state index is 11.0. The smallest absolute Gasteiger partial charge is 0.312 e. The third-order valence-corrected chi connectivity index (χ3v) is 2.94. The van der Waals surface area contributed by atoms with Gasteiger partial charge in [0.2, 0.25) is 5.91 Å². The summed E-state index contributed by atoms with van der Waals surface area (Å²) >= 11 is 0. The first-order valence-electron chi connectivity index (χ1n) is 5.79. The Balaban J connectivity index is 2.07. The number of carbonyl (C=O) groups excluding carboxylic acids is 1. The number of carboxylic acids is 1. The standard InChI is InChI=1S/C11H20N2O3/c1-9-2-5-13(6-3-9)7-4-12-10(14)8-11(15)16/h9H,2-8H2,1H3,(H,12,14)(H,15,16). The lowest BCUT2D eigenvalue weighted by molar-refractivity contribution is -0.140. The van der Waals surface area contributed by atoms with Crippen LogP contribution in [-0.2, 0) is 9.59 Å². The molecule has 1 rings (SSSR count). The van der Waals surface area contributed by atoms with Gasteiger partial charge >= 0.3 is 5.97 Å². The van der Waals surface area contributed by atoms with Crippen LogP contribution in [0.1, 0.15) is 26.2 Å². The van der Waals surface area contributed by atoms with Gasteiger partial charge in [0.25, 0.3) is 0 Å². The van der Waals surface area contributed by atoms with Gasteiger partial charge in [-0.15, -0.1) is 0 Å². The van der Waals surface area contributed by atoms with Crippen molar-refractivity contribution in [2.24, 2.45) is 5.92 Å². The summed E-state index contributed by atoms with van der Waals surface area (Å²) in [5.74, 6) is -0.681. The summed E-state index contributed by atoms with van der Waals surface area (Å²) in [6.45, 7) is 5.77. The maximum Gasteiger partial charge on any atom is 0.312 e. The minimum absolute atomic E-state index is 0.405. The fourth-order valence-corrected chi connectivity index (χ4v) is 1.84. The summed E-state index contributed by atoms with van der Waals surface area (Å²) in [7, 11) is 0.